The van der Waals surface area contributed by atoms with E-state index in [9.17, 15) is 9.18 Å². The summed E-state index contributed by atoms with van der Waals surface area (Å²) in [6.07, 6.45) is 1.73. The number of hydrogen-bond acceptors (Lipinski definition) is 5. The number of rotatable bonds is 3. The van der Waals surface area contributed by atoms with E-state index in [1.54, 1.807) is 30.3 Å². The van der Waals surface area contributed by atoms with Crippen LogP contribution in [0, 0.1) is 5.82 Å². The van der Waals surface area contributed by atoms with Crippen molar-refractivity contribution in [2.24, 2.45) is 0 Å². The molecule has 1 saturated heterocycles. The van der Waals surface area contributed by atoms with Gasteiger partial charge in [0, 0.05) is 18.9 Å². The van der Waals surface area contributed by atoms with Crippen molar-refractivity contribution in [3.8, 4) is 11.7 Å². The van der Waals surface area contributed by atoms with Gasteiger partial charge >= 0.3 is 0 Å². The van der Waals surface area contributed by atoms with Gasteiger partial charge in [-0.05, 0) is 24.3 Å². The number of para-hydroxylation sites is 1. The van der Waals surface area contributed by atoms with Crippen LogP contribution in [0.15, 0.2) is 51.6 Å². The van der Waals surface area contributed by atoms with E-state index in [0.717, 1.165) is 0 Å². The quantitative estimate of drug-likeness (QED) is 0.743. The minimum Gasteiger partial charge on any atom is -0.459 e. The second-order valence-corrected chi connectivity index (χ2v) is 5.29. The second kappa shape index (κ2) is 5.35. The number of nitrogens with zero attached hydrogens (tertiary/aromatic N) is 3. The van der Waals surface area contributed by atoms with Crippen LogP contribution >= 0.6 is 0 Å². The highest BCUT2D eigenvalue weighted by Gasteiger charge is 2.35. The van der Waals surface area contributed by atoms with Crippen LogP contribution in [0.3, 0.4) is 0 Å². The highest BCUT2D eigenvalue weighted by atomic mass is 19.1. The number of halogens is 1. The molecule has 0 spiro atoms. The summed E-state index contributed by atoms with van der Waals surface area (Å²) in [5.74, 6) is 0.328. The van der Waals surface area contributed by atoms with E-state index in [-0.39, 0.29) is 29.8 Å². The van der Waals surface area contributed by atoms with Gasteiger partial charge in [-0.2, -0.15) is 4.98 Å². The molecule has 1 atom stereocenters. The van der Waals surface area contributed by atoms with Crippen molar-refractivity contribution in [3.05, 3.63) is 54.3 Å². The molecule has 23 heavy (non-hydrogen) atoms. The molecule has 6 nitrogen and oxygen atoms in total. The lowest BCUT2D eigenvalue weighted by atomic mass is 10.1. The van der Waals surface area contributed by atoms with Crippen molar-refractivity contribution in [1.82, 2.24) is 10.1 Å². The summed E-state index contributed by atoms with van der Waals surface area (Å²) < 4.78 is 24.2. The van der Waals surface area contributed by atoms with Crippen LogP contribution in [0.4, 0.5) is 10.1 Å². The lowest BCUT2D eigenvalue weighted by molar-refractivity contribution is -0.117. The molecule has 1 amide bonds. The van der Waals surface area contributed by atoms with Gasteiger partial charge in [-0.15, -0.1) is 0 Å². The van der Waals surface area contributed by atoms with E-state index in [2.05, 4.69) is 10.1 Å². The van der Waals surface area contributed by atoms with Gasteiger partial charge in [-0.25, -0.2) is 4.39 Å². The van der Waals surface area contributed by atoms with E-state index in [0.29, 0.717) is 18.1 Å². The van der Waals surface area contributed by atoms with Gasteiger partial charge in [0.2, 0.25) is 5.91 Å². The van der Waals surface area contributed by atoms with Gasteiger partial charge in [0.15, 0.2) is 11.6 Å². The first-order valence-corrected chi connectivity index (χ1v) is 7.15. The highest BCUT2D eigenvalue weighted by molar-refractivity contribution is 5.96. The molecule has 116 valence electrons. The monoisotopic (exact) mass is 313 g/mol. The van der Waals surface area contributed by atoms with Crippen LogP contribution in [-0.4, -0.2) is 22.6 Å². The maximum Gasteiger partial charge on any atom is 0.293 e. The zero-order chi connectivity index (χ0) is 15.8. The molecule has 1 unspecified atom stereocenters. The number of carbonyl (C=O) groups is 1. The summed E-state index contributed by atoms with van der Waals surface area (Å²) in [6, 6.07) is 9.63. The Morgan fingerprint density at radius 2 is 2.09 bits per heavy atom. The SMILES string of the molecule is O=C1CC(c2noc(-c3ccco3)n2)CN1c1ccccc1F. The molecule has 0 saturated carbocycles. The highest BCUT2D eigenvalue weighted by Crippen LogP contribution is 2.32. The third kappa shape index (κ3) is 2.40. The Bertz CT molecular complexity index is 844. The first kappa shape index (κ1) is 13.7. The molecular weight excluding hydrogens is 301 g/mol. The van der Waals surface area contributed by atoms with E-state index in [1.807, 2.05) is 0 Å². The van der Waals surface area contributed by atoms with Crippen LogP contribution < -0.4 is 4.90 Å². The van der Waals surface area contributed by atoms with Crippen LogP contribution in [0.25, 0.3) is 11.7 Å². The first-order chi connectivity index (χ1) is 11.2. The fraction of sp³-hybridized carbons (Fsp3) is 0.188. The fourth-order valence-corrected chi connectivity index (χ4v) is 2.69. The second-order valence-electron chi connectivity index (χ2n) is 5.29. The Morgan fingerprint density at radius 1 is 1.22 bits per heavy atom. The van der Waals surface area contributed by atoms with Gasteiger partial charge < -0.3 is 13.8 Å². The smallest absolute Gasteiger partial charge is 0.293 e. The molecule has 3 heterocycles. The number of hydrogen-bond donors (Lipinski definition) is 0. The van der Waals surface area contributed by atoms with Gasteiger partial charge in [0.1, 0.15) is 5.82 Å². The maximum atomic E-state index is 13.9. The van der Waals surface area contributed by atoms with Gasteiger partial charge in [0.25, 0.3) is 5.89 Å². The van der Waals surface area contributed by atoms with Crippen molar-refractivity contribution in [2.75, 3.05) is 11.4 Å². The molecule has 0 aliphatic carbocycles. The Labute approximate surface area is 130 Å². The minimum atomic E-state index is -0.425. The van der Waals surface area contributed by atoms with Crippen molar-refractivity contribution in [2.45, 2.75) is 12.3 Å². The van der Waals surface area contributed by atoms with Gasteiger partial charge in [-0.1, -0.05) is 17.3 Å². The average molecular weight is 313 g/mol. The summed E-state index contributed by atoms with van der Waals surface area (Å²) in [7, 11) is 0. The Hall–Kier alpha value is -2.96. The molecule has 1 aromatic carbocycles. The molecule has 0 N–H and O–H groups in total. The van der Waals surface area contributed by atoms with Crippen LogP contribution in [-0.2, 0) is 4.79 Å². The van der Waals surface area contributed by atoms with Crippen LogP contribution in [0.2, 0.25) is 0 Å². The molecule has 1 aliphatic rings. The lowest BCUT2D eigenvalue weighted by Gasteiger charge is -2.16. The summed E-state index contributed by atoms with van der Waals surface area (Å²) in [4.78, 5) is 17.9. The Kier molecular flexibility index (Phi) is 3.18. The topological polar surface area (TPSA) is 72.4 Å². The van der Waals surface area contributed by atoms with Crippen LogP contribution in [0.1, 0.15) is 18.2 Å². The fourth-order valence-electron chi connectivity index (χ4n) is 2.69. The third-order valence-corrected chi connectivity index (χ3v) is 3.81. The standard InChI is InChI=1S/C16H12FN3O3/c17-11-4-1-2-5-12(11)20-9-10(8-14(20)21)15-18-16(23-19-15)13-6-3-7-22-13/h1-7,10H,8-9H2. The third-order valence-electron chi connectivity index (χ3n) is 3.81. The maximum absolute atomic E-state index is 13.9. The lowest BCUT2D eigenvalue weighted by Crippen LogP contribution is -2.25. The largest absolute Gasteiger partial charge is 0.459 e. The van der Waals surface area contributed by atoms with Gasteiger partial charge in [-0.3, -0.25) is 4.79 Å². The summed E-state index contributed by atoms with van der Waals surface area (Å²) in [6.45, 7) is 0.316. The summed E-state index contributed by atoms with van der Waals surface area (Å²) in [5, 5.41) is 3.92. The molecule has 1 aliphatic heterocycles. The van der Waals surface area contributed by atoms with Crippen molar-refractivity contribution in [3.63, 3.8) is 0 Å². The molecular formula is C16H12FN3O3. The minimum absolute atomic E-state index is 0.163. The zero-order valence-electron chi connectivity index (χ0n) is 12.0. The molecule has 0 radical (unpaired) electrons. The van der Waals surface area contributed by atoms with E-state index < -0.39 is 5.82 Å². The number of anilines is 1. The van der Waals surface area contributed by atoms with Crippen molar-refractivity contribution in [1.29, 1.82) is 0 Å². The van der Waals surface area contributed by atoms with Crippen molar-refractivity contribution >= 4 is 11.6 Å². The average Bonchev–Trinajstić information content (AvgIpc) is 3.27. The van der Waals surface area contributed by atoms with Crippen LogP contribution in [0.5, 0.6) is 0 Å². The molecule has 0 bridgehead atoms. The number of furan rings is 1. The summed E-state index contributed by atoms with van der Waals surface area (Å²) >= 11 is 0. The predicted molar refractivity (Wildman–Crippen MR) is 78.1 cm³/mol. The van der Waals surface area contributed by atoms with E-state index >= 15 is 0 Å². The summed E-state index contributed by atoms with van der Waals surface area (Å²) in [5.41, 5.74) is 0.273. The number of carbonyl (C=O) groups excluding carboxylic acids is 1. The Balaban J connectivity index is 1.58. The number of aromatic nitrogens is 2. The Morgan fingerprint density at radius 3 is 2.87 bits per heavy atom. The molecule has 3 aromatic rings. The number of benzene rings is 1. The number of amides is 1. The predicted octanol–water partition coefficient (Wildman–Crippen LogP) is 2.99. The molecule has 2 aromatic heterocycles. The van der Waals surface area contributed by atoms with E-state index in [4.69, 9.17) is 8.94 Å². The van der Waals surface area contributed by atoms with E-state index in [1.165, 1.54) is 17.2 Å². The molecule has 4 rings (SSSR count). The zero-order valence-corrected chi connectivity index (χ0v) is 12.0. The normalized spacial score (nSPS) is 17.9. The first-order valence-electron chi connectivity index (χ1n) is 7.15. The van der Waals surface area contributed by atoms with Crippen molar-refractivity contribution < 1.29 is 18.1 Å². The molecule has 7 heteroatoms. The van der Waals surface area contributed by atoms with Gasteiger partial charge in [0.05, 0.1) is 12.0 Å². The molecule has 1 fully saturated rings.